The first kappa shape index (κ1) is 25.2. The van der Waals surface area contributed by atoms with Gasteiger partial charge in [-0.1, -0.05) is 51.1 Å². The summed E-state index contributed by atoms with van der Waals surface area (Å²) >= 11 is 0. The zero-order valence-electron chi connectivity index (χ0n) is 20.5. The number of urea groups is 1. The number of rotatable bonds is 8. The number of carbonyl (C=O) groups excluding carboxylic acids is 2. The van der Waals surface area contributed by atoms with Crippen LogP contribution in [0.2, 0.25) is 0 Å². The minimum Gasteiger partial charge on any atom is -0.377 e. The normalized spacial score (nSPS) is 12.1. The van der Waals surface area contributed by atoms with E-state index in [0.29, 0.717) is 19.5 Å². The van der Waals surface area contributed by atoms with Gasteiger partial charge in [0, 0.05) is 38.4 Å². The van der Waals surface area contributed by atoms with Gasteiger partial charge in [0.1, 0.15) is 0 Å². The van der Waals surface area contributed by atoms with Crippen LogP contribution in [0.5, 0.6) is 0 Å². The van der Waals surface area contributed by atoms with Gasteiger partial charge in [-0.3, -0.25) is 4.79 Å². The first-order valence-corrected chi connectivity index (χ1v) is 11.2. The topological polar surface area (TPSA) is 64.7 Å². The average molecular weight is 439 g/mol. The molecule has 1 atom stereocenters. The van der Waals surface area contributed by atoms with Crippen molar-refractivity contribution in [1.82, 2.24) is 10.2 Å². The Kier molecular flexibility index (Phi) is 8.70. The number of carbonyl (C=O) groups is 2. The summed E-state index contributed by atoms with van der Waals surface area (Å²) in [6.07, 6.45) is 0.438. The Morgan fingerprint density at radius 3 is 2.25 bits per heavy atom. The Balaban J connectivity index is 2.37. The highest BCUT2D eigenvalue weighted by Crippen LogP contribution is 2.29. The number of nitrogens with zero attached hydrogens (tertiary/aromatic N) is 2. The standard InChI is InChI=1S/C26H38N4O2/c1-8-27-25(32)30(19(2)20-12-10-9-11-13-20)18-21-16-22(14-15-23(21)29(6)7)28-24(31)17-26(3,4)5/h9-16,19H,8,17-18H2,1-7H3,(H,27,32)(H,28,31). The zero-order chi connectivity index (χ0) is 23.9. The van der Waals surface area contributed by atoms with E-state index in [4.69, 9.17) is 0 Å². The summed E-state index contributed by atoms with van der Waals surface area (Å²) in [5.74, 6) is -0.0145. The molecule has 2 aromatic carbocycles. The highest BCUT2D eigenvalue weighted by Gasteiger charge is 2.23. The molecule has 0 saturated carbocycles. The molecule has 2 aromatic rings. The summed E-state index contributed by atoms with van der Waals surface area (Å²) in [4.78, 5) is 29.3. The molecule has 1 unspecified atom stereocenters. The average Bonchev–Trinajstić information content (AvgIpc) is 2.70. The number of anilines is 2. The molecule has 6 heteroatoms. The van der Waals surface area contributed by atoms with Crippen LogP contribution in [0.1, 0.15) is 58.2 Å². The lowest BCUT2D eigenvalue weighted by atomic mass is 9.92. The maximum absolute atomic E-state index is 13.0. The number of nitrogens with one attached hydrogen (secondary N) is 2. The molecule has 0 aromatic heterocycles. The van der Waals surface area contributed by atoms with E-state index < -0.39 is 0 Å². The molecule has 0 fully saturated rings. The van der Waals surface area contributed by atoms with Crippen molar-refractivity contribution < 1.29 is 9.59 Å². The summed E-state index contributed by atoms with van der Waals surface area (Å²) in [7, 11) is 3.96. The molecule has 6 nitrogen and oxygen atoms in total. The van der Waals surface area contributed by atoms with E-state index in [1.165, 1.54) is 0 Å². The lowest BCUT2D eigenvalue weighted by Gasteiger charge is -2.31. The molecule has 0 bridgehead atoms. The number of hydrogen-bond acceptors (Lipinski definition) is 3. The molecular formula is C26H38N4O2. The largest absolute Gasteiger partial charge is 0.377 e. The van der Waals surface area contributed by atoms with Gasteiger partial charge in [-0.15, -0.1) is 0 Å². The third kappa shape index (κ3) is 7.29. The minimum atomic E-state index is -0.115. The Labute approximate surface area is 193 Å². The molecule has 0 saturated heterocycles. The van der Waals surface area contributed by atoms with Crippen LogP contribution in [0.3, 0.4) is 0 Å². The quantitative estimate of drug-likeness (QED) is 0.578. The molecule has 32 heavy (non-hydrogen) atoms. The van der Waals surface area contributed by atoms with E-state index in [1.54, 1.807) is 0 Å². The van der Waals surface area contributed by atoms with Crippen molar-refractivity contribution in [2.24, 2.45) is 5.41 Å². The minimum absolute atomic E-state index is 0.0145. The highest BCUT2D eigenvalue weighted by molar-refractivity contribution is 5.91. The Hall–Kier alpha value is -3.02. The van der Waals surface area contributed by atoms with E-state index >= 15 is 0 Å². The molecule has 2 N–H and O–H groups in total. The molecule has 0 aliphatic rings. The van der Waals surface area contributed by atoms with Crippen molar-refractivity contribution in [3.8, 4) is 0 Å². The first-order valence-electron chi connectivity index (χ1n) is 11.2. The predicted molar refractivity (Wildman–Crippen MR) is 133 cm³/mol. The summed E-state index contributed by atoms with van der Waals surface area (Å²) in [6.45, 7) is 11.1. The zero-order valence-corrected chi connectivity index (χ0v) is 20.5. The van der Waals surface area contributed by atoms with Gasteiger partial charge in [0.05, 0.1) is 12.6 Å². The maximum Gasteiger partial charge on any atom is 0.318 e. The van der Waals surface area contributed by atoms with E-state index in [0.717, 1.165) is 22.5 Å². The maximum atomic E-state index is 13.0. The monoisotopic (exact) mass is 438 g/mol. The third-order valence-corrected chi connectivity index (χ3v) is 5.21. The molecule has 174 valence electrons. The Bertz CT molecular complexity index is 904. The van der Waals surface area contributed by atoms with Gasteiger partial charge in [0.2, 0.25) is 5.91 Å². The molecule has 0 aliphatic carbocycles. The fourth-order valence-electron chi connectivity index (χ4n) is 3.65. The lowest BCUT2D eigenvalue weighted by molar-refractivity contribution is -0.117. The van der Waals surface area contributed by atoms with Gasteiger partial charge in [0.25, 0.3) is 0 Å². The van der Waals surface area contributed by atoms with Gasteiger partial charge in [-0.25, -0.2) is 4.79 Å². The van der Waals surface area contributed by atoms with E-state index in [2.05, 4.69) is 10.6 Å². The van der Waals surface area contributed by atoms with Crippen molar-refractivity contribution in [3.05, 3.63) is 59.7 Å². The van der Waals surface area contributed by atoms with Crippen LogP contribution in [0.4, 0.5) is 16.2 Å². The van der Waals surface area contributed by atoms with Gasteiger partial charge < -0.3 is 20.4 Å². The summed E-state index contributed by atoms with van der Waals surface area (Å²) < 4.78 is 0. The molecular weight excluding hydrogens is 400 g/mol. The van der Waals surface area contributed by atoms with Crippen molar-refractivity contribution in [2.75, 3.05) is 30.9 Å². The van der Waals surface area contributed by atoms with Crippen molar-refractivity contribution in [2.45, 2.75) is 53.6 Å². The first-order chi connectivity index (χ1) is 15.0. The van der Waals surface area contributed by atoms with Crippen molar-refractivity contribution >= 4 is 23.3 Å². The van der Waals surface area contributed by atoms with Gasteiger partial charge in [-0.05, 0) is 48.6 Å². The molecule has 0 heterocycles. The highest BCUT2D eigenvalue weighted by atomic mass is 16.2. The Morgan fingerprint density at radius 1 is 1.03 bits per heavy atom. The smallest absolute Gasteiger partial charge is 0.318 e. The fourth-order valence-corrected chi connectivity index (χ4v) is 3.65. The van der Waals surface area contributed by atoms with Crippen LogP contribution in [0, 0.1) is 5.41 Å². The van der Waals surface area contributed by atoms with Crippen LogP contribution in [0.15, 0.2) is 48.5 Å². The second kappa shape index (κ2) is 11.0. The van der Waals surface area contributed by atoms with Crippen molar-refractivity contribution in [1.29, 1.82) is 0 Å². The predicted octanol–water partition coefficient (Wildman–Crippen LogP) is 5.42. The summed E-state index contributed by atoms with van der Waals surface area (Å²) in [6, 6.07) is 15.7. The molecule has 2 rings (SSSR count). The van der Waals surface area contributed by atoms with Gasteiger partial charge in [0.15, 0.2) is 0 Å². The molecule has 0 aliphatic heterocycles. The van der Waals surface area contributed by atoms with Crippen LogP contribution in [-0.4, -0.2) is 37.5 Å². The third-order valence-electron chi connectivity index (χ3n) is 5.21. The van der Waals surface area contributed by atoms with Gasteiger partial charge in [-0.2, -0.15) is 0 Å². The summed E-state index contributed by atoms with van der Waals surface area (Å²) in [5.41, 5.74) is 3.70. The van der Waals surface area contributed by atoms with Crippen LogP contribution in [0.25, 0.3) is 0 Å². The molecule has 3 amide bonds. The Morgan fingerprint density at radius 2 is 1.69 bits per heavy atom. The van der Waals surface area contributed by atoms with Crippen molar-refractivity contribution in [3.63, 3.8) is 0 Å². The second-order valence-electron chi connectivity index (χ2n) is 9.57. The second-order valence-corrected chi connectivity index (χ2v) is 9.57. The van der Waals surface area contributed by atoms with E-state index in [-0.39, 0.29) is 23.4 Å². The van der Waals surface area contributed by atoms with E-state index in [9.17, 15) is 9.59 Å². The SMILES string of the molecule is CCNC(=O)N(Cc1cc(NC(=O)CC(C)(C)C)ccc1N(C)C)C(C)c1ccccc1. The lowest BCUT2D eigenvalue weighted by Crippen LogP contribution is -2.41. The molecule has 0 spiro atoms. The van der Waals surface area contributed by atoms with Crippen LogP contribution < -0.4 is 15.5 Å². The summed E-state index contributed by atoms with van der Waals surface area (Å²) in [5, 5.41) is 5.96. The fraction of sp³-hybridized carbons (Fsp3) is 0.462. The van der Waals surface area contributed by atoms with Gasteiger partial charge >= 0.3 is 6.03 Å². The number of hydrogen-bond donors (Lipinski definition) is 2. The number of amides is 3. The number of benzene rings is 2. The van der Waals surface area contributed by atoms with Crippen LogP contribution >= 0.6 is 0 Å². The van der Waals surface area contributed by atoms with E-state index in [1.807, 2.05) is 107 Å². The molecule has 0 radical (unpaired) electrons. The van der Waals surface area contributed by atoms with Crippen LogP contribution in [-0.2, 0) is 11.3 Å².